The molecule has 0 aliphatic carbocycles. The van der Waals surface area contributed by atoms with E-state index >= 15 is 0 Å². The van der Waals surface area contributed by atoms with Gasteiger partial charge in [0.05, 0.1) is 0 Å². The van der Waals surface area contributed by atoms with Gasteiger partial charge in [0.1, 0.15) is 7.28 Å². The second kappa shape index (κ2) is 10.0. The molecule has 0 spiro atoms. The summed E-state index contributed by atoms with van der Waals surface area (Å²) in [6.07, 6.45) is 6.20. The Morgan fingerprint density at radius 1 is 1.50 bits per heavy atom. The maximum absolute atomic E-state index is 3.84. The fourth-order valence-electron chi connectivity index (χ4n) is 1.78. The van der Waals surface area contributed by atoms with Gasteiger partial charge in [0.2, 0.25) is 0 Å². The third-order valence-electron chi connectivity index (χ3n) is 2.68. The Hall–Kier alpha value is 0.505. The van der Waals surface area contributed by atoms with E-state index in [1.807, 2.05) is 28.9 Å². The van der Waals surface area contributed by atoms with Crippen LogP contribution in [0.3, 0.4) is 0 Å². The molecule has 2 atom stereocenters. The lowest BCUT2D eigenvalue weighted by Crippen LogP contribution is -2.15. The normalized spacial score (nSPS) is 14.8. The van der Waals surface area contributed by atoms with Crippen molar-refractivity contribution < 1.29 is 0 Å². The van der Waals surface area contributed by atoms with E-state index in [0.29, 0.717) is 0 Å². The summed E-state index contributed by atoms with van der Waals surface area (Å²) in [6.45, 7) is 8.45. The van der Waals surface area contributed by atoms with Crippen LogP contribution < -0.4 is 0 Å². The van der Waals surface area contributed by atoms with E-state index < -0.39 is 0 Å². The molecule has 2 unspecified atom stereocenters. The van der Waals surface area contributed by atoms with Crippen LogP contribution in [0.25, 0.3) is 0 Å². The van der Waals surface area contributed by atoms with Crippen LogP contribution in [0.5, 0.6) is 0 Å². The van der Waals surface area contributed by atoms with Crippen molar-refractivity contribution in [1.29, 1.82) is 0 Å². The maximum atomic E-state index is 3.84. The van der Waals surface area contributed by atoms with Crippen molar-refractivity contribution in [3.05, 3.63) is 12.0 Å². The highest BCUT2D eigenvalue weighted by Gasteiger charge is 2.17. The largest absolute Gasteiger partial charge is 0.165 e. The number of rotatable bonds is 9. The Morgan fingerprint density at radius 3 is 2.64 bits per heavy atom. The van der Waals surface area contributed by atoms with Crippen LogP contribution in [-0.4, -0.2) is 24.5 Å². The van der Waals surface area contributed by atoms with Crippen LogP contribution in [0.2, 0.25) is 12.6 Å². The zero-order valence-electron chi connectivity index (χ0n) is 9.79. The molecule has 3 heteroatoms. The molecule has 0 heterocycles. The Bertz CT molecular complexity index is 135. The van der Waals surface area contributed by atoms with Gasteiger partial charge in [0.15, 0.2) is 0 Å². The second-order valence-electron chi connectivity index (χ2n) is 3.55. The lowest BCUT2D eigenvalue weighted by molar-refractivity contribution is 0.672. The Morgan fingerprint density at radius 2 is 2.21 bits per heavy atom. The van der Waals surface area contributed by atoms with Crippen LogP contribution in [0.4, 0.5) is 0 Å². The zero-order chi connectivity index (χ0) is 10.8. The van der Waals surface area contributed by atoms with Gasteiger partial charge >= 0.3 is 0 Å². The van der Waals surface area contributed by atoms with Crippen LogP contribution >= 0.6 is 23.5 Å². The molecular formula is C11H23BS2. The summed E-state index contributed by atoms with van der Waals surface area (Å²) < 4.78 is 0. The Balaban J connectivity index is 3.91. The average Bonchev–Trinajstić information content (AvgIpc) is 2.20. The molecule has 0 fully saturated rings. The first-order valence-electron chi connectivity index (χ1n) is 5.55. The van der Waals surface area contributed by atoms with Gasteiger partial charge in [-0.3, -0.25) is 0 Å². The summed E-state index contributed by atoms with van der Waals surface area (Å²) >= 11 is 3.89. The second-order valence-corrected chi connectivity index (χ2v) is 5.75. The van der Waals surface area contributed by atoms with E-state index in [4.69, 9.17) is 0 Å². The summed E-state index contributed by atoms with van der Waals surface area (Å²) in [5.74, 6) is 2.17. The summed E-state index contributed by atoms with van der Waals surface area (Å²) in [4.78, 5) is 0. The maximum Gasteiger partial charge on any atom is 0.122 e. The average molecular weight is 230 g/mol. The van der Waals surface area contributed by atoms with E-state index in [-0.39, 0.29) is 0 Å². The first-order valence-corrected chi connectivity index (χ1v) is 7.89. The molecule has 0 N–H and O–H groups in total. The van der Waals surface area contributed by atoms with E-state index in [1.54, 1.807) is 0 Å². The van der Waals surface area contributed by atoms with Gasteiger partial charge in [-0.25, -0.2) is 0 Å². The zero-order valence-corrected chi connectivity index (χ0v) is 11.4. The molecule has 0 radical (unpaired) electrons. The van der Waals surface area contributed by atoms with Crippen molar-refractivity contribution in [2.45, 2.75) is 44.1 Å². The predicted octanol–water partition coefficient (Wildman–Crippen LogP) is 4.06. The van der Waals surface area contributed by atoms with Crippen molar-refractivity contribution in [3.63, 3.8) is 0 Å². The number of hydrogen-bond donors (Lipinski definition) is 0. The van der Waals surface area contributed by atoms with Gasteiger partial charge in [0, 0.05) is 5.25 Å². The molecule has 0 aliphatic rings. The highest BCUT2D eigenvalue weighted by molar-refractivity contribution is 8.02. The Labute approximate surface area is 98.9 Å². The minimum absolute atomic E-state index is 0.801. The summed E-state index contributed by atoms with van der Waals surface area (Å²) in [5, 5.41) is 2.82. The highest BCUT2D eigenvalue weighted by Crippen LogP contribution is 2.31. The van der Waals surface area contributed by atoms with Gasteiger partial charge < -0.3 is 0 Å². The Kier molecular flexibility index (Phi) is 10.4. The third kappa shape index (κ3) is 6.08. The molecule has 0 aromatic heterocycles. The van der Waals surface area contributed by atoms with E-state index in [9.17, 15) is 0 Å². The van der Waals surface area contributed by atoms with Gasteiger partial charge in [-0.15, -0.1) is 11.8 Å². The van der Waals surface area contributed by atoms with Gasteiger partial charge in [0.25, 0.3) is 0 Å². The molecule has 0 nitrogen and oxygen atoms in total. The molecule has 0 aromatic rings. The first kappa shape index (κ1) is 14.5. The molecule has 82 valence electrons. The summed E-state index contributed by atoms with van der Waals surface area (Å²) in [6, 6.07) is 0. The van der Waals surface area contributed by atoms with Crippen LogP contribution in [0.15, 0.2) is 12.0 Å². The molecule has 0 aliphatic heterocycles. The molecule has 0 amide bonds. The van der Waals surface area contributed by atoms with Gasteiger partial charge in [-0.2, -0.15) is 11.8 Å². The molecule has 0 saturated carbocycles. The SMILES string of the molecule is C=CSC(CCCSC)C(BC)CC. The van der Waals surface area contributed by atoms with E-state index in [1.165, 1.54) is 32.3 Å². The van der Waals surface area contributed by atoms with Crippen molar-refractivity contribution in [2.24, 2.45) is 0 Å². The van der Waals surface area contributed by atoms with Crippen LogP contribution in [-0.2, 0) is 0 Å². The quantitative estimate of drug-likeness (QED) is 0.433. The summed E-state index contributed by atoms with van der Waals surface area (Å²) in [5.41, 5.74) is 0. The minimum atomic E-state index is 0.801. The molecular weight excluding hydrogens is 207 g/mol. The molecule has 0 rings (SSSR count). The fraction of sp³-hybridized carbons (Fsp3) is 0.818. The van der Waals surface area contributed by atoms with Crippen molar-refractivity contribution in [3.8, 4) is 0 Å². The van der Waals surface area contributed by atoms with E-state index in [2.05, 4.69) is 26.6 Å². The predicted molar refractivity (Wildman–Crippen MR) is 76.2 cm³/mol. The third-order valence-corrected chi connectivity index (χ3v) is 4.54. The van der Waals surface area contributed by atoms with Crippen molar-refractivity contribution in [2.75, 3.05) is 12.0 Å². The molecule has 0 saturated heterocycles. The number of hydrogen-bond acceptors (Lipinski definition) is 2. The highest BCUT2D eigenvalue weighted by atomic mass is 32.2. The molecule has 0 aromatic carbocycles. The fourth-order valence-corrected chi connectivity index (χ4v) is 3.39. The lowest BCUT2D eigenvalue weighted by Gasteiger charge is -2.22. The van der Waals surface area contributed by atoms with Crippen LogP contribution in [0.1, 0.15) is 26.2 Å². The lowest BCUT2D eigenvalue weighted by atomic mass is 9.63. The van der Waals surface area contributed by atoms with Gasteiger partial charge in [-0.1, -0.05) is 32.6 Å². The van der Waals surface area contributed by atoms with Crippen LogP contribution in [0, 0.1) is 0 Å². The van der Waals surface area contributed by atoms with E-state index in [0.717, 1.165) is 11.1 Å². The monoisotopic (exact) mass is 230 g/mol. The molecule has 0 bridgehead atoms. The van der Waals surface area contributed by atoms with Gasteiger partial charge in [-0.05, 0) is 30.3 Å². The first-order chi connectivity index (χ1) is 6.79. The minimum Gasteiger partial charge on any atom is -0.165 e. The topological polar surface area (TPSA) is 0 Å². The van der Waals surface area contributed by atoms with Crippen molar-refractivity contribution >= 4 is 30.8 Å². The smallest absolute Gasteiger partial charge is 0.122 e. The van der Waals surface area contributed by atoms with Crippen molar-refractivity contribution in [1.82, 2.24) is 0 Å². The standard InChI is InChI=1S/C11H23BS2/c1-5-10(12-3)11(14-6-2)8-7-9-13-4/h6,10-12H,2,5,7-9H2,1,3-4H3. The molecule has 14 heavy (non-hydrogen) atoms. The summed E-state index contributed by atoms with van der Waals surface area (Å²) in [7, 11) is 1.31. The number of thioether (sulfide) groups is 2.